The Morgan fingerprint density at radius 2 is 2.32 bits per heavy atom. The van der Waals surface area contributed by atoms with Gasteiger partial charge in [0.25, 0.3) is 0 Å². The number of benzene rings is 1. The minimum atomic E-state index is -0.234. The van der Waals surface area contributed by atoms with Crippen molar-refractivity contribution in [3.8, 4) is 0 Å². The zero-order valence-corrected chi connectivity index (χ0v) is 14.2. The van der Waals surface area contributed by atoms with Gasteiger partial charge >= 0.3 is 6.03 Å². The number of halogens is 2. The molecule has 0 saturated carbocycles. The van der Waals surface area contributed by atoms with Gasteiger partial charge < -0.3 is 19.7 Å². The molecule has 1 heterocycles. The maximum atomic E-state index is 12.4. The largest absolute Gasteiger partial charge is 0.382 e. The minimum Gasteiger partial charge on any atom is -0.382 e. The summed E-state index contributed by atoms with van der Waals surface area (Å²) in [7, 11) is 1.62. The topological polar surface area (TPSA) is 50.8 Å². The second kappa shape index (κ2) is 8.02. The average Bonchev–Trinajstić information content (AvgIpc) is 2.50. The van der Waals surface area contributed by atoms with Crippen LogP contribution in [0.2, 0.25) is 10.0 Å². The number of methoxy groups -OCH3 is 1. The van der Waals surface area contributed by atoms with Crippen molar-refractivity contribution >= 4 is 29.2 Å². The highest BCUT2D eigenvalue weighted by Gasteiger charge is 2.25. The number of nitrogens with zero attached hydrogens (tertiary/aromatic N) is 1. The number of rotatable bonds is 4. The molecule has 0 bridgehead atoms. The van der Waals surface area contributed by atoms with Crippen LogP contribution >= 0.6 is 23.2 Å². The van der Waals surface area contributed by atoms with E-state index in [0.29, 0.717) is 36.3 Å². The predicted octanol–water partition coefficient (Wildman–Crippen LogP) is 3.11. The molecule has 0 spiro atoms. The van der Waals surface area contributed by atoms with Gasteiger partial charge in [-0.3, -0.25) is 0 Å². The molecule has 2 amide bonds. The highest BCUT2D eigenvalue weighted by molar-refractivity contribution is 6.42. The summed E-state index contributed by atoms with van der Waals surface area (Å²) in [6, 6.07) is 5.01. The van der Waals surface area contributed by atoms with Crippen LogP contribution in [0, 0.1) is 0 Å². The molecule has 5 nitrogen and oxygen atoms in total. The SMILES string of the molecule is COCC1CN(C(=O)NC(C)c2cccc(Cl)c2Cl)CCO1. The second-order valence-electron chi connectivity index (χ2n) is 5.21. The van der Waals surface area contributed by atoms with Crippen LogP contribution < -0.4 is 5.32 Å². The summed E-state index contributed by atoms with van der Waals surface area (Å²) in [5.74, 6) is 0. The summed E-state index contributed by atoms with van der Waals surface area (Å²) in [4.78, 5) is 14.1. The molecule has 1 aliphatic rings. The zero-order chi connectivity index (χ0) is 16.1. The van der Waals surface area contributed by atoms with Crippen LogP contribution in [0.5, 0.6) is 0 Å². The highest BCUT2D eigenvalue weighted by atomic mass is 35.5. The number of nitrogens with one attached hydrogen (secondary N) is 1. The molecule has 2 atom stereocenters. The number of ether oxygens (including phenoxy) is 2. The van der Waals surface area contributed by atoms with Crippen LogP contribution in [-0.4, -0.2) is 50.4 Å². The number of hydrogen-bond acceptors (Lipinski definition) is 3. The predicted molar refractivity (Wildman–Crippen MR) is 86.6 cm³/mol. The van der Waals surface area contributed by atoms with Gasteiger partial charge in [0.1, 0.15) is 0 Å². The first-order valence-corrected chi connectivity index (χ1v) is 7.88. The number of carbonyl (C=O) groups is 1. The Hall–Kier alpha value is -1.01. The number of hydrogen-bond donors (Lipinski definition) is 1. The maximum absolute atomic E-state index is 12.4. The van der Waals surface area contributed by atoms with Crippen molar-refractivity contribution in [2.75, 3.05) is 33.4 Å². The third kappa shape index (κ3) is 4.26. The van der Waals surface area contributed by atoms with Crippen LogP contribution in [0.1, 0.15) is 18.5 Å². The summed E-state index contributed by atoms with van der Waals surface area (Å²) < 4.78 is 10.6. The molecule has 1 aromatic carbocycles. The van der Waals surface area contributed by atoms with E-state index in [9.17, 15) is 4.79 Å². The number of amides is 2. The van der Waals surface area contributed by atoms with Crippen LogP contribution in [0.4, 0.5) is 4.79 Å². The molecule has 1 fully saturated rings. The smallest absolute Gasteiger partial charge is 0.318 e. The molecule has 122 valence electrons. The molecular weight excluding hydrogens is 327 g/mol. The van der Waals surface area contributed by atoms with E-state index < -0.39 is 0 Å². The molecule has 1 saturated heterocycles. The van der Waals surface area contributed by atoms with Gasteiger partial charge in [0.2, 0.25) is 0 Å². The maximum Gasteiger partial charge on any atom is 0.318 e. The molecule has 2 unspecified atom stereocenters. The van der Waals surface area contributed by atoms with Gasteiger partial charge in [-0.15, -0.1) is 0 Å². The summed E-state index contributed by atoms with van der Waals surface area (Å²) >= 11 is 12.2. The van der Waals surface area contributed by atoms with Gasteiger partial charge in [0.05, 0.1) is 41.9 Å². The van der Waals surface area contributed by atoms with Gasteiger partial charge in [-0.25, -0.2) is 4.79 Å². The summed E-state index contributed by atoms with van der Waals surface area (Å²) in [6.45, 7) is 3.92. The molecule has 1 N–H and O–H groups in total. The van der Waals surface area contributed by atoms with Gasteiger partial charge in [-0.05, 0) is 18.6 Å². The lowest BCUT2D eigenvalue weighted by atomic mass is 10.1. The third-order valence-electron chi connectivity index (χ3n) is 3.57. The highest BCUT2D eigenvalue weighted by Crippen LogP contribution is 2.29. The third-order valence-corrected chi connectivity index (χ3v) is 4.40. The van der Waals surface area contributed by atoms with E-state index in [1.54, 1.807) is 18.1 Å². The van der Waals surface area contributed by atoms with Crippen molar-refractivity contribution in [2.24, 2.45) is 0 Å². The second-order valence-corrected chi connectivity index (χ2v) is 5.99. The van der Waals surface area contributed by atoms with E-state index in [4.69, 9.17) is 32.7 Å². The average molecular weight is 347 g/mol. The molecule has 2 rings (SSSR count). The molecule has 7 heteroatoms. The van der Waals surface area contributed by atoms with Gasteiger partial charge in [0, 0.05) is 13.7 Å². The van der Waals surface area contributed by atoms with E-state index in [-0.39, 0.29) is 18.2 Å². The minimum absolute atomic E-state index is 0.0884. The lowest BCUT2D eigenvalue weighted by Gasteiger charge is -2.33. The van der Waals surface area contributed by atoms with E-state index in [1.807, 2.05) is 19.1 Å². The first-order chi connectivity index (χ1) is 10.5. The lowest BCUT2D eigenvalue weighted by molar-refractivity contribution is -0.0496. The van der Waals surface area contributed by atoms with E-state index in [2.05, 4.69) is 5.32 Å². The Kier molecular flexibility index (Phi) is 6.32. The fourth-order valence-corrected chi connectivity index (χ4v) is 2.87. The van der Waals surface area contributed by atoms with E-state index >= 15 is 0 Å². The molecule has 1 aromatic rings. The van der Waals surface area contributed by atoms with Crippen molar-refractivity contribution in [1.29, 1.82) is 0 Å². The standard InChI is InChI=1S/C15H20Cl2N2O3/c1-10(12-4-3-5-13(16)14(12)17)18-15(20)19-6-7-22-11(8-19)9-21-2/h3-5,10-11H,6-9H2,1-2H3,(H,18,20). The van der Waals surface area contributed by atoms with Crippen molar-refractivity contribution in [2.45, 2.75) is 19.1 Å². The van der Waals surface area contributed by atoms with E-state index in [1.165, 1.54) is 0 Å². The summed E-state index contributed by atoms with van der Waals surface area (Å²) in [5.41, 5.74) is 0.796. The molecule has 22 heavy (non-hydrogen) atoms. The lowest BCUT2D eigenvalue weighted by Crippen LogP contribution is -2.51. The van der Waals surface area contributed by atoms with Crippen LogP contribution in [-0.2, 0) is 9.47 Å². The Bertz CT molecular complexity index is 526. The summed E-state index contributed by atoms with van der Waals surface area (Å²) in [5, 5.41) is 3.89. The fourth-order valence-electron chi connectivity index (χ4n) is 2.40. The van der Waals surface area contributed by atoms with Gasteiger partial charge in [0.15, 0.2) is 0 Å². The first-order valence-electron chi connectivity index (χ1n) is 7.12. The number of carbonyl (C=O) groups excluding carboxylic acids is 1. The Balaban J connectivity index is 1.97. The van der Waals surface area contributed by atoms with Crippen LogP contribution in [0.25, 0.3) is 0 Å². The summed E-state index contributed by atoms with van der Waals surface area (Å²) in [6.07, 6.45) is -0.0884. The van der Waals surface area contributed by atoms with Crippen molar-refractivity contribution in [3.63, 3.8) is 0 Å². The number of urea groups is 1. The number of morpholine rings is 1. The molecule has 0 radical (unpaired) electrons. The first kappa shape index (κ1) is 17.3. The molecule has 0 aromatic heterocycles. The molecule has 1 aliphatic heterocycles. The zero-order valence-electron chi connectivity index (χ0n) is 12.6. The Morgan fingerprint density at radius 3 is 3.05 bits per heavy atom. The fraction of sp³-hybridized carbons (Fsp3) is 0.533. The van der Waals surface area contributed by atoms with Gasteiger partial charge in [-0.1, -0.05) is 35.3 Å². The van der Waals surface area contributed by atoms with Crippen LogP contribution in [0.3, 0.4) is 0 Å². The van der Waals surface area contributed by atoms with Crippen LogP contribution in [0.15, 0.2) is 18.2 Å². The molecule has 0 aliphatic carbocycles. The quantitative estimate of drug-likeness (QED) is 0.911. The van der Waals surface area contributed by atoms with Crippen molar-refractivity contribution < 1.29 is 14.3 Å². The molecular formula is C15H20Cl2N2O3. The monoisotopic (exact) mass is 346 g/mol. The van der Waals surface area contributed by atoms with Gasteiger partial charge in [-0.2, -0.15) is 0 Å². The van der Waals surface area contributed by atoms with Crippen molar-refractivity contribution in [1.82, 2.24) is 10.2 Å². The van der Waals surface area contributed by atoms with Crippen molar-refractivity contribution in [3.05, 3.63) is 33.8 Å². The Labute approximate surface area is 140 Å². The Morgan fingerprint density at radius 1 is 1.55 bits per heavy atom. The van der Waals surface area contributed by atoms with E-state index in [0.717, 1.165) is 5.56 Å². The normalized spacial score (nSPS) is 19.8.